The second-order valence-electron chi connectivity index (χ2n) is 5.27. The van der Waals surface area contributed by atoms with Crippen molar-refractivity contribution in [3.8, 4) is 11.5 Å². The molecule has 0 N–H and O–H groups in total. The fourth-order valence-corrected chi connectivity index (χ4v) is 3.63. The molecule has 6 heteroatoms. The first-order chi connectivity index (χ1) is 10.9. The zero-order valence-corrected chi connectivity index (χ0v) is 14.6. The Hall–Kier alpha value is -2.05. The fraction of sp³-hybridized carbons (Fsp3) is 0.294. The maximum absolute atomic E-state index is 12.9. The van der Waals surface area contributed by atoms with E-state index in [-0.39, 0.29) is 11.4 Å². The van der Waals surface area contributed by atoms with E-state index in [1.165, 1.54) is 24.6 Å². The van der Waals surface area contributed by atoms with E-state index in [0.29, 0.717) is 11.5 Å². The highest BCUT2D eigenvalue weighted by molar-refractivity contribution is 7.89. The molecule has 0 saturated heterocycles. The Morgan fingerprint density at radius 2 is 1.78 bits per heavy atom. The number of hydrogen-bond donors (Lipinski definition) is 0. The number of nitrogens with zero attached hydrogens (tertiary/aromatic N) is 1. The molecule has 0 spiro atoms. The predicted octanol–water partition coefficient (Wildman–Crippen LogP) is 2.83. The van der Waals surface area contributed by atoms with Crippen molar-refractivity contribution >= 4 is 10.0 Å². The van der Waals surface area contributed by atoms with Crippen LogP contribution in [0.1, 0.15) is 11.1 Å². The van der Waals surface area contributed by atoms with Crippen LogP contribution in [0.25, 0.3) is 0 Å². The van der Waals surface area contributed by atoms with Gasteiger partial charge in [-0.25, -0.2) is 8.42 Å². The molecule has 124 valence electrons. The quantitative estimate of drug-likeness (QED) is 0.814. The molecule has 0 fully saturated rings. The van der Waals surface area contributed by atoms with Gasteiger partial charge in [0.2, 0.25) is 10.0 Å². The van der Waals surface area contributed by atoms with Gasteiger partial charge in [0.1, 0.15) is 16.4 Å². The van der Waals surface area contributed by atoms with Crippen LogP contribution in [-0.4, -0.2) is 34.0 Å². The Morgan fingerprint density at radius 1 is 1.04 bits per heavy atom. The second-order valence-corrected chi connectivity index (χ2v) is 7.28. The summed E-state index contributed by atoms with van der Waals surface area (Å²) in [6.07, 6.45) is 0. The van der Waals surface area contributed by atoms with Crippen LogP contribution in [0.15, 0.2) is 47.4 Å². The van der Waals surface area contributed by atoms with Crippen molar-refractivity contribution in [2.24, 2.45) is 0 Å². The first kappa shape index (κ1) is 17.3. The molecular weight excluding hydrogens is 314 g/mol. The minimum atomic E-state index is -3.70. The van der Waals surface area contributed by atoms with Gasteiger partial charge in [-0.1, -0.05) is 29.8 Å². The third-order valence-corrected chi connectivity index (χ3v) is 5.37. The minimum absolute atomic E-state index is 0.0921. The molecule has 0 heterocycles. The molecule has 0 aliphatic heterocycles. The number of benzene rings is 2. The van der Waals surface area contributed by atoms with Gasteiger partial charge in [-0.15, -0.1) is 0 Å². The summed E-state index contributed by atoms with van der Waals surface area (Å²) in [5, 5.41) is 0. The maximum atomic E-state index is 12.9. The predicted molar refractivity (Wildman–Crippen MR) is 89.4 cm³/mol. The van der Waals surface area contributed by atoms with Gasteiger partial charge < -0.3 is 9.47 Å². The van der Waals surface area contributed by atoms with Crippen LogP contribution in [0, 0.1) is 6.92 Å². The van der Waals surface area contributed by atoms with Crippen LogP contribution in [0.4, 0.5) is 0 Å². The van der Waals surface area contributed by atoms with Crippen LogP contribution in [0.5, 0.6) is 11.5 Å². The van der Waals surface area contributed by atoms with Crippen molar-refractivity contribution in [3.63, 3.8) is 0 Å². The lowest BCUT2D eigenvalue weighted by molar-refractivity contribution is 0.388. The van der Waals surface area contributed by atoms with E-state index in [9.17, 15) is 8.42 Å². The Labute approximate surface area is 137 Å². The van der Waals surface area contributed by atoms with Crippen LogP contribution in [0.2, 0.25) is 0 Å². The molecule has 0 saturated carbocycles. The number of hydrogen-bond acceptors (Lipinski definition) is 4. The van der Waals surface area contributed by atoms with Gasteiger partial charge >= 0.3 is 0 Å². The number of rotatable bonds is 6. The van der Waals surface area contributed by atoms with Crippen LogP contribution >= 0.6 is 0 Å². The molecule has 2 aromatic rings. The smallest absolute Gasteiger partial charge is 0.246 e. The van der Waals surface area contributed by atoms with E-state index in [1.807, 2.05) is 31.2 Å². The molecular formula is C17H21NO4S. The lowest BCUT2D eigenvalue weighted by Crippen LogP contribution is -2.27. The minimum Gasteiger partial charge on any atom is -0.497 e. The Balaban J connectivity index is 2.37. The highest BCUT2D eigenvalue weighted by atomic mass is 32.2. The topological polar surface area (TPSA) is 55.8 Å². The summed E-state index contributed by atoms with van der Waals surface area (Å²) in [5.41, 5.74) is 2.02. The number of aryl methyl sites for hydroxylation is 1. The third-order valence-electron chi connectivity index (χ3n) is 3.55. The van der Waals surface area contributed by atoms with Gasteiger partial charge in [-0.05, 0) is 24.6 Å². The summed E-state index contributed by atoms with van der Waals surface area (Å²) in [5.74, 6) is 0.759. The lowest BCUT2D eigenvalue weighted by atomic mass is 10.1. The highest BCUT2D eigenvalue weighted by Crippen LogP contribution is 2.30. The summed E-state index contributed by atoms with van der Waals surface area (Å²) < 4.78 is 37.3. The molecule has 0 aliphatic carbocycles. The zero-order valence-electron chi connectivity index (χ0n) is 13.7. The summed E-state index contributed by atoms with van der Waals surface area (Å²) in [4.78, 5) is 0.0921. The summed E-state index contributed by atoms with van der Waals surface area (Å²) in [6, 6.07) is 12.5. The first-order valence-electron chi connectivity index (χ1n) is 7.12. The molecule has 23 heavy (non-hydrogen) atoms. The van der Waals surface area contributed by atoms with Gasteiger partial charge in [-0.2, -0.15) is 4.31 Å². The largest absolute Gasteiger partial charge is 0.497 e. The van der Waals surface area contributed by atoms with E-state index in [2.05, 4.69) is 0 Å². The Bertz CT molecular complexity index is 787. The summed E-state index contributed by atoms with van der Waals surface area (Å²) in [7, 11) is 0.796. The van der Waals surface area contributed by atoms with Crippen molar-refractivity contribution in [1.82, 2.24) is 4.31 Å². The molecule has 0 atom stereocenters. The average Bonchev–Trinajstić information content (AvgIpc) is 2.54. The lowest BCUT2D eigenvalue weighted by Gasteiger charge is -2.19. The van der Waals surface area contributed by atoms with Gasteiger partial charge in [0.05, 0.1) is 14.2 Å². The zero-order chi connectivity index (χ0) is 17.0. The molecule has 2 aromatic carbocycles. The molecule has 0 aliphatic rings. The Kier molecular flexibility index (Phi) is 5.28. The second kappa shape index (κ2) is 7.02. The molecule has 0 radical (unpaired) electrons. The standard InChI is InChI=1S/C17H21NO4S/c1-13-6-5-7-14(10-13)12-18(2)23(19,20)17-11-15(21-3)8-9-16(17)22-4/h5-11H,12H2,1-4H3. The van der Waals surface area contributed by atoms with Gasteiger partial charge in [0, 0.05) is 19.7 Å². The van der Waals surface area contributed by atoms with Gasteiger partial charge in [0.15, 0.2) is 0 Å². The van der Waals surface area contributed by atoms with Crippen LogP contribution < -0.4 is 9.47 Å². The molecule has 0 bridgehead atoms. The Morgan fingerprint density at radius 3 is 2.39 bits per heavy atom. The number of methoxy groups -OCH3 is 2. The van der Waals surface area contributed by atoms with Crippen LogP contribution in [0.3, 0.4) is 0 Å². The molecule has 2 rings (SSSR count). The third kappa shape index (κ3) is 3.83. The highest BCUT2D eigenvalue weighted by Gasteiger charge is 2.25. The van der Waals surface area contributed by atoms with E-state index in [4.69, 9.17) is 9.47 Å². The van der Waals surface area contributed by atoms with Crippen molar-refractivity contribution in [2.45, 2.75) is 18.4 Å². The van der Waals surface area contributed by atoms with Crippen molar-refractivity contribution in [1.29, 1.82) is 0 Å². The normalized spacial score (nSPS) is 11.5. The fourth-order valence-electron chi connectivity index (χ4n) is 2.31. The van der Waals surface area contributed by atoms with E-state index < -0.39 is 10.0 Å². The van der Waals surface area contributed by atoms with Crippen LogP contribution in [-0.2, 0) is 16.6 Å². The van der Waals surface area contributed by atoms with Crippen molar-refractivity contribution in [2.75, 3.05) is 21.3 Å². The average molecular weight is 335 g/mol. The summed E-state index contributed by atoms with van der Waals surface area (Å²) >= 11 is 0. The first-order valence-corrected chi connectivity index (χ1v) is 8.56. The van der Waals surface area contributed by atoms with E-state index in [1.54, 1.807) is 19.2 Å². The number of sulfonamides is 1. The van der Waals surface area contributed by atoms with Crippen molar-refractivity contribution < 1.29 is 17.9 Å². The maximum Gasteiger partial charge on any atom is 0.246 e. The summed E-state index contributed by atoms with van der Waals surface area (Å²) in [6.45, 7) is 2.26. The van der Waals surface area contributed by atoms with Gasteiger partial charge in [-0.3, -0.25) is 0 Å². The SMILES string of the molecule is COc1ccc(OC)c(S(=O)(=O)N(C)Cc2cccc(C)c2)c1. The van der Waals surface area contributed by atoms with Gasteiger partial charge in [0.25, 0.3) is 0 Å². The molecule has 0 amide bonds. The molecule has 5 nitrogen and oxygen atoms in total. The molecule has 0 unspecified atom stereocenters. The van der Waals surface area contributed by atoms with E-state index in [0.717, 1.165) is 11.1 Å². The van der Waals surface area contributed by atoms with Crippen molar-refractivity contribution in [3.05, 3.63) is 53.6 Å². The number of ether oxygens (including phenoxy) is 2. The molecule has 0 aromatic heterocycles. The monoisotopic (exact) mass is 335 g/mol. The van der Waals surface area contributed by atoms with E-state index >= 15 is 0 Å².